The number of amides is 1. The van der Waals surface area contributed by atoms with Gasteiger partial charge in [0.1, 0.15) is 0 Å². The Bertz CT molecular complexity index is 747. The highest BCUT2D eigenvalue weighted by Gasteiger charge is 2.29. The number of aromatic nitrogens is 2. The first-order valence-electron chi connectivity index (χ1n) is 7.83. The number of hydrogen-bond donors (Lipinski definition) is 0. The Morgan fingerprint density at radius 2 is 2.39 bits per heavy atom. The van der Waals surface area contributed by atoms with Crippen LogP contribution in [-0.2, 0) is 6.42 Å². The molecule has 0 saturated carbocycles. The predicted octanol–water partition coefficient (Wildman–Crippen LogP) is 2.52. The lowest BCUT2D eigenvalue weighted by atomic mass is 9.97. The van der Waals surface area contributed by atoms with Crippen molar-refractivity contribution in [2.24, 2.45) is 0 Å². The minimum absolute atomic E-state index is 0.0537. The predicted molar refractivity (Wildman–Crippen MR) is 82.7 cm³/mol. The van der Waals surface area contributed by atoms with Crippen molar-refractivity contribution in [1.29, 1.82) is 5.26 Å². The molecule has 6 nitrogen and oxygen atoms in total. The Morgan fingerprint density at radius 1 is 1.52 bits per heavy atom. The zero-order chi connectivity index (χ0) is 16.2. The van der Waals surface area contributed by atoms with Gasteiger partial charge in [0.25, 0.3) is 5.91 Å². The topological polar surface area (TPSA) is 83.0 Å². The van der Waals surface area contributed by atoms with E-state index in [2.05, 4.69) is 16.2 Å². The van der Waals surface area contributed by atoms with Crippen molar-refractivity contribution in [3.63, 3.8) is 0 Å². The Morgan fingerprint density at radius 3 is 3.13 bits per heavy atom. The van der Waals surface area contributed by atoms with E-state index in [1.54, 1.807) is 29.2 Å². The van der Waals surface area contributed by atoms with Crippen LogP contribution in [0.25, 0.3) is 0 Å². The number of carbonyl (C=O) groups is 1. The summed E-state index contributed by atoms with van der Waals surface area (Å²) in [6.07, 6.45) is 2.57. The third-order valence-corrected chi connectivity index (χ3v) is 4.10. The van der Waals surface area contributed by atoms with Crippen LogP contribution in [-0.4, -0.2) is 34.0 Å². The molecule has 0 bridgehead atoms. The van der Waals surface area contributed by atoms with Gasteiger partial charge in [-0.1, -0.05) is 18.1 Å². The number of nitriles is 1. The van der Waals surface area contributed by atoms with Gasteiger partial charge in [-0.3, -0.25) is 4.79 Å². The third kappa shape index (κ3) is 3.24. The molecule has 0 N–H and O–H groups in total. The number of benzene rings is 1. The smallest absolute Gasteiger partial charge is 0.253 e. The molecule has 0 spiro atoms. The normalized spacial score (nSPS) is 17.7. The van der Waals surface area contributed by atoms with E-state index in [0.717, 1.165) is 19.3 Å². The minimum atomic E-state index is -0.0537. The molecule has 1 aromatic heterocycles. The average Bonchev–Trinajstić information content (AvgIpc) is 3.10. The summed E-state index contributed by atoms with van der Waals surface area (Å²) in [4.78, 5) is 18.8. The molecule has 1 fully saturated rings. The standard InChI is InChI=1S/C17H18N4O2/c1-2-15-19-16(23-20-15)14-7-4-8-21(11-14)17(22)13-6-3-5-12(9-13)10-18/h3,5-6,9,14H,2,4,7-8,11H2,1H3. The van der Waals surface area contributed by atoms with E-state index in [4.69, 9.17) is 9.78 Å². The van der Waals surface area contributed by atoms with Crippen LogP contribution in [0.5, 0.6) is 0 Å². The lowest BCUT2D eigenvalue weighted by Gasteiger charge is -2.31. The van der Waals surface area contributed by atoms with E-state index in [-0.39, 0.29) is 11.8 Å². The molecule has 6 heteroatoms. The first-order valence-corrected chi connectivity index (χ1v) is 7.83. The van der Waals surface area contributed by atoms with Crippen molar-refractivity contribution in [2.45, 2.75) is 32.1 Å². The van der Waals surface area contributed by atoms with Crippen molar-refractivity contribution < 1.29 is 9.32 Å². The van der Waals surface area contributed by atoms with Gasteiger partial charge in [-0.2, -0.15) is 10.2 Å². The molecule has 3 rings (SSSR count). The fraction of sp³-hybridized carbons (Fsp3) is 0.412. The summed E-state index contributed by atoms with van der Waals surface area (Å²) in [5.74, 6) is 1.34. The van der Waals surface area contributed by atoms with E-state index in [1.165, 1.54) is 0 Å². The lowest BCUT2D eigenvalue weighted by molar-refractivity contribution is 0.0695. The number of hydrogen-bond acceptors (Lipinski definition) is 5. The lowest BCUT2D eigenvalue weighted by Crippen LogP contribution is -2.39. The maximum absolute atomic E-state index is 12.7. The second-order valence-electron chi connectivity index (χ2n) is 5.69. The van der Waals surface area contributed by atoms with E-state index < -0.39 is 0 Å². The van der Waals surface area contributed by atoms with Crippen molar-refractivity contribution in [1.82, 2.24) is 15.0 Å². The van der Waals surface area contributed by atoms with Crippen molar-refractivity contribution in [2.75, 3.05) is 13.1 Å². The molecule has 1 aliphatic rings. The van der Waals surface area contributed by atoms with Gasteiger partial charge in [0.05, 0.1) is 17.6 Å². The summed E-state index contributed by atoms with van der Waals surface area (Å²) in [5.41, 5.74) is 1.04. The van der Waals surface area contributed by atoms with Crippen LogP contribution in [0.15, 0.2) is 28.8 Å². The van der Waals surface area contributed by atoms with E-state index in [9.17, 15) is 4.79 Å². The molecular weight excluding hydrogens is 292 g/mol. The largest absolute Gasteiger partial charge is 0.339 e. The van der Waals surface area contributed by atoms with Gasteiger partial charge in [0.15, 0.2) is 5.82 Å². The Kier molecular flexibility index (Phi) is 4.38. The number of piperidine rings is 1. The van der Waals surface area contributed by atoms with Gasteiger partial charge >= 0.3 is 0 Å². The van der Waals surface area contributed by atoms with Gasteiger partial charge in [0.2, 0.25) is 5.89 Å². The quantitative estimate of drug-likeness (QED) is 0.870. The number of aryl methyl sites for hydroxylation is 1. The highest BCUT2D eigenvalue weighted by atomic mass is 16.5. The van der Waals surface area contributed by atoms with E-state index in [0.29, 0.717) is 35.9 Å². The van der Waals surface area contributed by atoms with Crippen molar-refractivity contribution in [3.8, 4) is 6.07 Å². The van der Waals surface area contributed by atoms with Crippen LogP contribution in [0.4, 0.5) is 0 Å². The first kappa shape index (κ1) is 15.2. The third-order valence-electron chi connectivity index (χ3n) is 4.10. The molecule has 1 saturated heterocycles. The average molecular weight is 310 g/mol. The Hall–Kier alpha value is -2.68. The zero-order valence-electron chi connectivity index (χ0n) is 13.0. The van der Waals surface area contributed by atoms with Gasteiger partial charge in [0, 0.05) is 25.1 Å². The number of rotatable bonds is 3. The maximum atomic E-state index is 12.7. The molecule has 0 aliphatic carbocycles. The van der Waals surface area contributed by atoms with Crippen LogP contribution in [0.2, 0.25) is 0 Å². The van der Waals surface area contributed by atoms with Crippen molar-refractivity contribution >= 4 is 5.91 Å². The molecular formula is C17H18N4O2. The summed E-state index contributed by atoms with van der Waals surface area (Å²) >= 11 is 0. The Labute approximate surface area is 134 Å². The molecule has 1 aliphatic heterocycles. The number of likely N-dealkylation sites (tertiary alicyclic amines) is 1. The second kappa shape index (κ2) is 6.61. The minimum Gasteiger partial charge on any atom is -0.339 e. The fourth-order valence-corrected chi connectivity index (χ4v) is 2.84. The molecule has 0 radical (unpaired) electrons. The summed E-state index contributed by atoms with van der Waals surface area (Å²) in [6, 6.07) is 8.87. The van der Waals surface area contributed by atoms with Gasteiger partial charge in [-0.25, -0.2) is 0 Å². The summed E-state index contributed by atoms with van der Waals surface area (Å²) < 4.78 is 5.32. The molecule has 1 aromatic carbocycles. The fourth-order valence-electron chi connectivity index (χ4n) is 2.84. The van der Waals surface area contributed by atoms with E-state index in [1.807, 2.05) is 6.92 Å². The van der Waals surface area contributed by atoms with E-state index >= 15 is 0 Å². The van der Waals surface area contributed by atoms with Crippen molar-refractivity contribution in [3.05, 3.63) is 47.1 Å². The Balaban J connectivity index is 1.75. The maximum Gasteiger partial charge on any atom is 0.253 e. The van der Waals surface area contributed by atoms with Crippen LogP contribution >= 0.6 is 0 Å². The summed E-state index contributed by atoms with van der Waals surface area (Å²) in [7, 11) is 0. The molecule has 23 heavy (non-hydrogen) atoms. The zero-order valence-corrected chi connectivity index (χ0v) is 13.0. The highest BCUT2D eigenvalue weighted by molar-refractivity contribution is 5.94. The molecule has 2 aromatic rings. The SMILES string of the molecule is CCc1noc(C2CCCN(C(=O)c3cccc(C#N)c3)C2)n1. The molecule has 1 unspecified atom stereocenters. The monoisotopic (exact) mass is 310 g/mol. The van der Waals surface area contributed by atoms with Crippen LogP contribution in [0.1, 0.15) is 53.3 Å². The van der Waals surface area contributed by atoms with Crippen LogP contribution in [0, 0.1) is 11.3 Å². The number of carbonyl (C=O) groups excluding carboxylic acids is 1. The molecule has 118 valence electrons. The first-order chi connectivity index (χ1) is 11.2. The highest BCUT2D eigenvalue weighted by Crippen LogP contribution is 2.26. The number of nitrogens with zero attached hydrogens (tertiary/aromatic N) is 4. The molecule has 2 heterocycles. The van der Waals surface area contributed by atoms with Gasteiger partial charge in [-0.05, 0) is 31.0 Å². The van der Waals surface area contributed by atoms with Gasteiger partial charge in [-0.15, -0.1) is 0 Å². The van der Waals surface area contributed by atoms with Crippen LogP contribution < -0.4 is 0 Å². The van der Waals surface area contributed by atoms with Gasteiger partial charge < -0.3 is 9.42 Å². The second-order valence-corrected chi connectivity index (χ2v) is 5.69. The van der Waals surface area contributed by atoms with Crippen LogP contribution in [0.3, 0.4) is 0 Å². The molecule has 1 atom stereocenters. The summed E-state index contributed by atoms with van der Waals surface area (Å²) in [6.45, 7) is 3.26. The molecule has 1 amide bonds. The summed E-state index contributed by atoms with van der Waals surface area (Å²) in [5, 5.41) is 12.9.